The predicted molar refractivity (Wildman–Crippen MR) is 116 cm³/mol. The van der Waals surface area contributed by atoms with E-state index in [9.17, 15) is 14.4 Å². The van der Waals surface area contributed by atoms with Crippen molar-refractivity contribution in [1.29, 1.82) is 0 Å². The average molecular weight is 417 g/mol. The van der Waals surface area contributed by atoms with Gasteiger partial charge in [0.25, 0.3) is 0 Å². The van der Waals surface area contributed by atoms with Gasteiger partial charge in [-0.2, -0.15) is 0 Å². The van der Waals surface area contributed by atoms with Crippen LogP contribution in [0.1, 0.15) is 17.4 Å². The summed E-state index contributed by atoms with van der Waals surface area (Å²) >= 11 is 1.57. The zero-order valence-electron chi connectivity index (χ0n) is 17.1. The summed E-state index contributed by atoms with van der Waals surface area (Å²) in [4.78, 5) is 41.0. The van der Waals surface area contributed by atoms with Crippen molar-refractivity contribution in [3.63, 3.8) is 0 Å². The Labute approximate surface area is 175 Å². The number of rotatable bonds is 10. The standard InChI is InChI=1S/C21H28N4O3S/c1-4-25(14-19(26)22-12-18-6-5-11-29-18)21(28)15-24(3)13-20(27)23-17-9-7-16(2)8-10-17/h5-11H,4,12-15H2,1-3H3,(H,22,26)(H,23,27). The molecule has 0 atom stereocenters. The predicted octanol–water partition coefficient (Wildman–Crippen LogP) is 2.09. The molecule has 0 bridgehead atoms. The highest BCUT2D eigenvalue weighted by molar-refractivity contribution is 7.09. The van der Waals surface area contributed by atoms with Crippen LogP contribution in [-0.4, -0.2) is 60.7 Å². The third-order valence-corrected chi connectivity index (χ3v) is 5.14. The molecule has 8 heteroatoms. The van der Waals surface area contributed by atoms with E-state index in [1.165, 1.54) is 4.90 Å². The number of aryl methyl sites for hydroxylation is 1. The second-order valence-electron chi connectivity index (χ2n) is 6.85. The van der Waals surface area contributed by atoms with Gasteiger partial charge in [0.2, 0.25) is 17.7 Å². The first-order valence-electron chi connectivity index (χ1n) is 9.49. The highest BCUT2D eigenvalue weighted by Gasteiger charge is 2.18. The molecular formula is C21H28N4O3S. The van der Waals surface area contributed by atoms with Gasteiger partial charge < -0.3 is 15.5 Å². The maximum atomic E-state index is 12.5. The highest BCUT2D eigenvalue weighted by atomic mass is 32.1. The van der Waals surface area contributed by atoms with Crippen LogP contribution < -0.4 is 10.6 Å². The molecule has 0 aliphatic heterocycles. The molecule has 1 heterocycles. The third kappa shape index (κ3) is 8.05. The first-order valence-corrected chi connectivity index (χ1v) is 10.4. The third-order valence-electron chi connectivity index (χ3n) is 4.26. The fraction of sp³-hybridized carbons (Fsp3) is 0.381. The maximum absolute atomic E-state index is 12.5. The monoisotopic (exact) mass is 416 g/mol. The molecule has 2 N–H and O–H groups in total. The topological polar surface area (TPSA) is 81.8 Å². The molecule has 3 amide bonds. The van der Waals surface area contributed by atoms with Gasteiger partial charge in [-0.15, -0.1) is 11.3 Å². The zero-order chi connectivity index (χ0) is 21.2. The highest BCUT2D eigenvalue weighted by Crippen LogP contribution is 2.09. The second-order valence-corrected chi connectivity index (χ2v) is 7.88. The molecule has 2 aromatic rings. The summed E-state index contributed by atoms with van der Waals surface area (Å²) in [7, 11) is 1.71. The van der Waals surface area contributed by atoms with Crippen molar-refractivity contribution in [1.82, 2.24) is 15.1 Å². The average Bonchev–Trinajstić information content (AvgIpc) is 3.19. The van der Waals surface area contributed by atoms with Crippen LogP contribution in [0.15, 0.2) is 41.8 Å². The van der Waals surface area contributed by atoms with Crippen molar-refractivity contribution in [3.05, 3.63) is 52.2 Å². The van der Waals surface area contributed by atoms with E-state index in [0.717, 1.165) is 16.1 Å². The first-order chi connectivity index (χ1) is 13.9. The Kier molecular flexibility index (Phi) is 8.82. The minimum Gasteiger partial charge on any atom is -0.350 e. The van der Waals surface area contributed by atoms with Crippen LogP contribution in [-0.2, 0) is 20.9 Å². The minimum atomic E-state index is -0.201. The van der Waals surface area contributed by atoms with Gasteiger partial charge in [0.1, 0.15) is 0 Å². The van der Waals surface area contributed by atoms with E-state index in [1.807, 2.05) is 55.6 Å². The molecule has 7 nitrogen and oxygen atoms in total. The fourth-order valence-electron chi connectivity index (χ4n) is 2.67. The number of amides is 3. The van der Waals surface area contributed by atoms with Crippen LogP contribution >= 0.6 is 11.3 Å². The molecule has 29 heavy (non-hydrogen) atoms. The molecule has 1 aromatic heterocycles. The van der Waals surface area contributed by atoms with Crippen molar-refractivity contribution >= 4 is 34.7 Å². The SMILES string of the molecule is CCN(CC(=O)NCc1cccs1)C(=O)CN(C)CC(=O)Nc1ccc(C)cc1. The van der Waals surface area contributed by atoms with E-state index in [-0.39, 0.29) is 37.4 Å². The number of likely N-dealkylation sites (N-methyl/N-ethyl adjacent to an activating group) is 2. The van der Waals surface area contributed by atoms with Gasteiger partial charge in [-0.05, 0) is 44.5 Å². The quantitative estimate of drug-likeness (QED) is 0.621. The summed E-state index contributed by atoms with van der Waals surface area (Å²) in [6.07, 6.45) is 0. The molecule has 0 aliphatic carbocycles. The van der Waals surface area contributed by atoms with Crippen molar-refractivity contribution in [2.45, 2.75) is 20.4 Å². The largest absolute Gasteiger partial charge is 0.350 e. The molecule has 1 aromatic carbocycles. The Morgan fingerprint density at radius 3 is 2.34 bits per heavy atom. The van der Waals surface area contributed by atoms with Gasteiger partial charge in [-0.25, -0.2) is 0 Å². The van der Waals surface area contributed by atoms with Crippen LogP contribution in [0.4, 0.5) is 5.69 Å². The van der Waals surface area contributed by atoms with Gasteiger partial charge in [-0.1, -0.05) is 23.8 Å². The Morgan fingerprint density at radius 1 is 1.00 bits per heavy atom. The molecule has 0 spiro atoms. The van der Waals surface area contributed by atoms with Gasteiger partial charge in [0, 0.05) is 17.1 Å². The van der Waals surface area contributed by atoms with Crippen molar-refractivity contribution < 1.29 is 14.4 Å². The van der Waals surface area contributed by atoms with E-state index in [2.05, 4.69) is 10.6 Å². The molecule has 0 fully saturated rings. The number of hydrogen-bond donors (Lipinski definition) is 2. The Bertz CT molecular complexity index is 806. The number of carbonyl (C=O) groups is 3. The Hall–Kier alpha value is -2.71. The summed E-state index contributed by atoms with van der Waals surface area (Å²) < 4.78 is 0. The summed E-state index contributed by atoms with van der Waals surface area (Å²) in [6.45, 7) is 4.84. The summed E-state index contributed by atoms with van der Waals surface area (Å²) in [5.41, 5.74) is 1.84. The van der Waals surface area contributed by atoms with Crippen LogP contribution in [0.2, 0.25) is 0 Å². The number of nitrogens with zero attached hydrogens (tertiary/aromatic N) is 2. The molecule has 0 saturated heterocycles. The lowest BCUT2D eigenvalue weighted by atomic mass is 10.2. The summed E-state index contributed by atoms with van der Waals surface area (Å²) in [6, 6.07) is 11.4. The number of hydrogen-bond acceptors (Lipinski definition) is 5. The Morgan fingerprint density at radius 2 is 1.72 bits per heavy atom. The minimum absolute atomic E-state index is 0.00408. The zero-order valence-corrected chi connectivity index (χ0v) is 17.9. The number of anilines is 1. The summed E-state index contributed by atoms with van der Waals surface area (Å²) in [5, 5.41) is 7.58. The number of thiophene rings is 1. The maximum Gasteiger partial charge on any atom is 0.239 e. The van der Waals surface area contributed by atoms with Crippen LogP contribution in [0.25, 0.3) is 0 Å². The van der Waals surface area contributed by atoms with Gasteiger partial charge in [0.15, 0.2) is 0 Å². The lowest BCUT2D eigenvalue weighted by Crippen LogP contribution is -2.45. The van der Waals surface area contributed by atoms with E-state index in [0.29, 0.717) is 13.1 Å². The van der Waals surface area contributed by atoms with Crippen LogP contribution in [0, 0.1) is 6.92 Å². The number of carbonyl (C=O) groups excluding carboxylic acids is 3. The molecule has 0 radical (unpaired) electrons. The van der Waals surface area contributed by atoms with Crippen LogP contribution in [0.5, 0.6) is 0 Å². The molecular weight excluding hydrogens is 388 g/mol. The normalized spacial score (nSPS) is 10.6. The summed E-state index contributed by atoms with van der Waals surface area (Å²) in [5.74, 6) is -0.585. The van der Waals surface area contributed by atoms with Crippen molar-refractivity contribution in [2.75, 3.05) is 38.5 Å². The molecule has 156 valence electrons. The molecule has 0 unspecified atom stereocenters. The van der Waals surface area contributed by atoms with Gasteiger partial charge in [-0.3, -0.25) is 19.3 Å². The fourth-order valence-corrected chi connectivity index (χ4v) is 3.32. The molecule has 0 aliphatic rings. The van der Waals surface area contributed by atoms with Crippen molar-refractivity contribution in [2.24, 2.45) is 0 Å². The van der Waals surface area contributed by atoms with Crippen molar-refractivity contribution in [3.8, 4) is 0 Å². The lowest BCUT2D eigenvalue weighted by Gasteiger charge is -2.23. The smallest absolute Gasteiger partial charge is 0.239 e. The molecule has 2 rings (SSSR count). The number of benzene rings is 1. The number of nitrogens with one attached hydrogen (secondary N) is 2. The van der Waals surface area contributed by atoms with E-state index in [1.54, 1.807) is 23.3 Å². The Balaban J connectivity index is 1.75. The first kappa shape index (κ1) is 22.6. The van der Waals surface area contributed by atoms with Gasteiger partial charge in [0.05, 0.1) is 26.2 Å². The van der Waals surface area contributed by atoms with E-state index >= 15 is 0 Å². The lowest BCUT2D eigenvalue weighted by molar-refractivity contribution is -0.136. The van der Waals surface area contributed by atoms with E-state index < -0.39 is 0 Å². The van der Waals surface area contributed by atoms with Gasteiger partial charge >= 0.3 is 0 Å². The van der Waals surface area contributed by atoms with Crippen LogP contribution in [0.3, 0.4) is 0 Å². The van der Waals surface area contributed by atoms with E-state index in [4.69, 9.17) is 0 Å². The molecule has 0 saturated carbocycles. The second kappa shape index (κ2) is 11.3.